The van der Waals surface area contributed by atoms with Crippen LogP contribution in [0.4, 0.5) is 8.78 Å². The SMILES string of the molecule is Cc1cc(C)n(-c2c(F)cc(CN)cc2F)n1. The molecule has 2 rings (SSSR count). The average Bonchev–Trinajstić information content (AvgIpc) is 2.57. The normalized spacial score (nSPS) is 10.9. The molecule has 1 heterocycles. The summed E-state index contributed by atoms with van der Waals surface area (Å²) in [7, 11) is 0. The second kappa shape index (κ2) is 4.25. The number of aryl methyl sites for hydroxylation is 2. The smallest absolute Gasteiger partial charge is 0.152 e. The first kappa shape index (κ1) is 11.7. The van der Waals surface area contributed by atoms with Gasteiger partial charge in [0, 0.05) is 12.2 Å². The van der Waals surface area contributed by atoms with Crippen LogP contribution in [0.3, 0.4) is 0 Å². The van der Waals surface area contributed by atoms with Gasteiger partial charge in [0.2, 0.25) is 0 Å². The largest absolute Gasteiger partial charge is 0.326 e. The van der Waals surface area contributed by atoms with Gasteiger partial charge in [-0.25, -0.2) is 13.5 Å². The van der Waals surface area contributed by atoms with E-state index in [4.69, 9.17) is 5.73 Å². The lowest BCUT2D eigenvalue weighted by Gasteiger charge is -2.09. The van der Waals surface area contributed by atoms with Crippen molar-refractivity contribution in [3.8, 4) is 5.69 Å². The Morgan fingerprint density at radius 2 is 1.76 bits per heavy atom. The Bertz CT molecular complexity index is 538. The van der Waals surface area contributed by atoms with Gasteiger partial charge in [0.1, 0.15) is 5.69 Å². The van der Waals surface area contributed by atoms with Crippen molar-refractivity contribution < 1.29 is 8.78 Å². The zero-order valence-electron chi connectivity index (χ0n) is 9.67. The van der Waals surface area contributed by atoms with E-state index in [-0.39, 0.29) is 12.2 Å². The fourth-order valence-electron chi connectivity index (χ4n) is 1.79. The first-order valence-electron chi connectivity index (χ1n) is 5.24. The van der Waals surface area contributed by atoms with Gasteiger partial charge in [-0.1, -0.05) is 0 Å². The van der Waals surface area contributed by atoms with Crippen LogP contribution in [-0.2, 0) is 6.54 Å². The fourth-order valence-corrected chi connectivity index (χ4v) is 1.79. The van der Waals surface area contributed by atoms with Crippen molar-refractivity contribution in [2.24, 2.45) is 5.73 Å². The highest BCUT2D eigenvalue weighted by Gasteiger charge is 2.15. The number of nitrogens with zero attached hydrogens (tertiary/aromatic N) is 2. The first-order chi connectivity index (χ1) is 8.02. The number of benzene rings is 1. The van der Waals surface area contributed by atoms with Gasteiger partial charge in [-0.3, -0.25) is 0 Å². The van der Waals surface area contributed by atoms with E-state index in [1.165, 1.54) is 16.8 Å². The summed E-state index contributed by atoms with van der Waals surface area (Å²) < 4.78 is 28.9. The van der Waals surface area contributed by atoms with Gasteiger partial charge in [0.25, 0.3) is 0 Å². The van der Waals surface area contributed by atoms with E-state index in [1.54, 1.807) is 19.9 Å². The van der Waals surface area contributed by atoms with Crippen molar-refractivity contribution in [2.45, 2.75) is 20.4 Å². The molecule has 3 nitrogen and oxygen atoms in total. The molecular weight excluding hydrogens is 224 g/mol. The van der Waals surface area contributed by atoms with Crippen LogP contribution >= 0.6 is 0 Å². The molecule has 17 heavy (non-hydrogen) atoms. The molecule has 0 amide bonds. The Morgan fingerprint density at radius 3 is 2.18 bits per heavy atom. The van der Waals surface area contributed by atoms with Crippen LogP contribution in [0.1, 0.15) is 17.0 Å². The van der Waals surface area contributed by atoms with Crippen LogP contribution in [0.5, 0.6) is 0 Å². The Labute approximate surface area is 97.9 Å². The van der Waals surface area contributed by atoms with E-state index in [2.05, 4.69) is 5.10 Å². The van der Waals surface area contributed by atoms with Crippen LogP contribution < -0.4 is 5.73 Å². The summed E-state index contributed by atoms with van der Waals surface area (Å²) in [5.74, 6) is -1.31. The van der Waals surface area contributed by atoms with Crippen LogP contribution in [0.15, 0.2) is 18.2 Å². The summed E-state index contributed by atoms with van der Waals surface area (Å²) in [6.45, 7) is 3.62. The molecule has 1 aromatic heterocycles. The van der Waals surface area contributed by atoms with Crippen LogP contribution in [0, 0.1) is 25.5 Å². The minimum absolute atomic E-state index is 0.102. The van der Waals surface area contributed by atoms with Gasteiger partial charge < -0.3 is 5.73 Å². The number of hydrogen-bond donors (Lipinski definition) is 1. The van der Waals surface area contributed by atoms with Crippen molar-refractivity contribution in [2.75, 3.05) is 0 Å². The number of nitrogens with two attached hydrogens (primary N) is 1. The molecule has 0 radical (unpaired) electrons. The summed E-state index contributed by atoms with van der Waals surface area (Å²) >= 11 is 0. The summed E-state index contributed by atoms with van der Waals surface area (Å²) in [5.41, 5.74) is 7.01. The predicted octanol–water partition coefficient (Wildman–Crippen LogP) is 2.23. The van der Waals surface area contributed by atoms with Crippen LogP contribution in [0.25, 0.3) is 5.69 Å². The number of rotatable bonds is 2. The third-order valence-corrected chi connectivity index (χ3v) is 2.53. The zero-order chi connectivity index (χ0) is 12.6. The van der Waals surface area contributed by atoms with Crippen molar-refractivity contribution in [3.05, 3.63) is 46.8 Å². The van der Waals surface area contributed by atoms with E-state index >= 15 is 0 Å². The maximum Gasteiger partial charge on any atom is 0.152 e. The van der Waals surface area contributed by atoms with Crippen LogP contribution in [0.2, 0.25) is 0 Å². The van der Waals surface area contributed by atoms with Gasteiger partial charge in [-0.05, 0) is 37.6 Å². The third-order valence-electron chi connectivity index (χ3n) is 2.53. The second-order valence-electron chi connectivity index (χ2n) is 3.95. The molecule has 1 aromatic carbocycles. The molecule has 5 heteroatoms. The summed E-state index contributed by atoms with van der Waals surface area (Å²) in [6.07, 6.45) is 0. The number of aromatic nitrogens is 2. The molecule has 0 spiro atoms. The maximum atomic E-state index is 13.8. The topological polar surface area (TPSA) is 43.8 Å². The van der Waals surface area contributed by atoms with Crippen LogP contribution in [-0.4, -0.2) is 9.78 Å². The molecular formula is C12H13F2N3. The Balaban J connectivity index is 2.63. The molecule has 90 valence electrons. The lowest BCUT2D eigenvalue weighted by atomic mass is 10.2. The minimum Gasteiger partial charge on any atom is -0.326 e. The Hall–Kier alpha value is -1.75. The highest BCUT2D eigenvalue weighted by molar-refractivity contribution is 5.39. The molecule has 0 fully saturated rings. The highest BCUT2D eigenvalue weighted by atomic mass is 19.1. The third kappa shape index (κ3) is 2.06. The first-order valence-corrected chi connectivity index (χ1v) is 5.24. The van der Waals surface area contributed by atoms with Crippen molar-refractivity contribution >= 4 is 0 Å². The lowest BCUT2D eigenvalue weighted by molar-refractivity contribution is 0.554. The fraction of sp³-hybridized carbons (Fsp3) is 0.250. The summed E-state index contributed by atoms with van der Waals surface area (Å²) in [6, 6.07) is 4.22. The van der Waals surface area contributed by atoms with Gasteiger partial charge in [-0.2, -0.15) is 5.10 Å². The molecule has 2 N–H and O–H groups in total. The molecule has 0 saturated heterocycles. The Kier molecular flexibility index (Phi) is 2.93. The number of hydrogen-bond acceptors (Lipinski definition) is 2. The molecule has 0 aliphatic heterocycles. The molecule has 0 saturated carbocycles. The summed E-state index contributed by atoms with van der Waals surface area (Å²) in [5, 5.41) is 4.06. The zero-order valence-corrected chi connectivity index (χ0v) is 9.67. The highest BCUT2D eigenvalue weighted by Crippen LogP contribution is 2.21. The van der Waals surface area contributed by atoms with Gasteiger partial charge in [-0.15, -0.1) is 0 Å². The average molecular weight is 237 g/mol. The molecule has 2 aromatic rings. The lowest BCUT2D eigenvalue weighted by Crippen LogP contribution is -2.07. The quantitative estimate of drug-likeness (QED) is 0.870. The summed E-state index contributed by atoms with van der Waals surface area (Å²) in [4.78, 5) is 0. The van der Waals surface area contributed by atoms with Crippen molar-refractivity contribution in [3.63, 3.8) is 0 Å². The molecule has 0 aliphatic carbocycles. The van der Waals surface area contributed by atoms with E-state index in [0.717, 1.165) is 0 Å². The van der Waals surface area contributed by atoms with E-state index in [1.807, 2.05) is 0 Å². The predicted molar refractivity (Wildman–Crippen MR) is 60.8 cm³/mol. The Morgan fingerprint density at radius 1 is 1.18 bits per heavy atom. The van der Waals surface area contributed by atoms with Gasteiger partial charge in [0.05, 0.1) is 5.69 Å². The monoisotopic (exact) mass is 237 g/mol. The van der Waals surface area contributed by atoms with E-state index in [0.29, 0.717) is 17.0 Å². The number of halogens is 2. The second-order valence-corrected chi connectivity index (χ2v) is 3.95. The van der Waals surface area contributed by atoms with Crippen molar-refractivity contribution in [1.82, 2.24) is 9.78 Å². The maximum absolute atomic E-state index is 13.8. The van der Waals surface area contributed by atoms with Gasteiger partial charge >= 0.3 is 0 Å². The van der Waals surface area contributed by atoms with Gasteiger partial charge in [0.15, 0.2) is 11.6 Å². The molecule has 0 atom stereocenters. The van der Waals surface area contributed by atoms with Crippen molar-refractivity contribution in [1.29, 1.82) is 0 Å². The van der Waals surface area contributed by atoms with E-state index < -0.39 is 11.6 Å². The molecule has 0 aliphatic rings. The molecule has 0 unspecified atom stereocenters. The standard InChI is InChI=1S/C12H13F2N3/c1-7-3-8(2)17(16-7)12-10(13)4-9(6-15)5-11(12)14/h3-5H,6,15H2,1-2H3. The molecule has 0 bridgehead atoms. The van der Waals surface area contributed by atoms with E-state index in [9.17, 15) is 8.78 Å². The minimum atomic E-state index is -0.656.